The second-order valence-electron chi connectivity index (χ2n) is 7.35. The Morgan fingerprint density at radius 3 is 2.74 bits per heavy atom. The first-order valence-electron chi connectivity index (χ1n) is 9.51. The summed E-state index contributed by atoms with van der Waals surface area (Å²) in [4.78, 5) is 32.2. The summed E-state index contributed by atoms with van der Waals surface area (Å²) < 4.78 is 6.12. The van der Waals surface area contributed by atoms with Gasteiger partial charge in [0.2, 0.25) is 5.91 Å². The molecule has 0 saturated carbocycles. The smallest absolute Gasteiger partial charge is 0.254 e. The normalized spacial score (nSPS) is 19.4. The minimum atomic E-state index is -0.305. The third-order valence-electron chi connectivity index (χ3n) is 5.60. The van der Waals surface area contributed by atoms with Gasteiger partial charge >= 0.3 is 0 Å². The molecular weight excluding hydrogens is 362 g/mol. The number of nitrogens with zero attached hydrogens (tertiary/aromatic N) is 2. The molecule has 7 heteroatoms. The molecule has 1 spiro atoms. The van der Waals surface area contributed by atoms with Crippen LogP contribution in [-0.2, 0) is 16.0 Å². The molecule has 2 amide bonds. The summed E-state index contributed by atoms with van der Waals surface area (Å²) in [5.74, 6) is 0.282. The summed E-state index contributed by atoms with van der Waals surface area (Å²) in [5.41, 5.74) is 1.55. The number of carbonyl (C=O) groups is 2. The minimum Gasteiger partial charge on any atom is -0.371 e. The number of carbonyl (C=O) groups excluding carboxylic acids is 2. The van der Waals surface area contributed by atoms with E-state index in [-0.39, 0.29) is 17.4 Å². The molecule has 2 aliphatic rings. The van der Waals surface area contributed by atoms with Crippen LogP contribution in [0.3, 0.4) is 0 Å². The number of aryl methyl sites for hydroxylation is 1. The zero-order valence-corrected chi connectivity index (χ0v) is 16.2. The van der Waals surface area contributed by atoms with Gasteiger partial charge < -0.3 is 19.5 Å². The fourth-order valence-corrected chi connectivity index (χ4v) is 4.61. The summed E-state index contributed by atoms with van der Waals surface area (Å²) in [5, 5.41) is 3.83. The fraction of sp³-hybridized carbons (Fsp3) is 0.500. The zero-order valence-electron chi connectivity index (χ0n) is 15.4. The van der Waals surface area contributed by atoms with Crippen molar-refractivity contribution in [2.24, 2.45) is 0 Å². The van der Waals surface area contributed by atoms with E-state index in [0.29, 0.717) is 39.2 Å². The maximum absolute atomic E-state index is 12.7. The molecule has 2 aromatic heterocycles. The monoisotopic (exact) mass is 387 g/mol. The summed E-state index contributed by atoms with van der Waals surface area (Å²) in [6, 6.07) is 5.84. The first-order chi connectivity index (χ1) is 13.2. The van der Waals surface area contributed by atoms with Crippen LogP contribution in [0.5, 0.6) is 0 Å². The van der Waals surface area contributed by atoms with Gasteiger partial charge in [-0.25, -0.2) is 0 Å². The first-order valence-corrected chi connectivity index (χ1v) is 10.4. The lowest BCUT2D eigenvalue weighted by Crippen LogP contribution is -2.58. The number of morpholine rings is 1. The molecule has 0 radical (unpaired) electrons. The molecule has 6 nitrogen and oxygen atoms in total. The lowest BCUT2D eigenvalue weighted by Gasteiger charge is -2.47. The molecule has 27 heavy (non-hydrogen) atoms. The largest absolute Gasteiger partial charge is 0.371 e. The van der Waals surface area contributed by atoms with E-state index in [1.54, 1.807) is 11.3 Å². The lowest BCUT2D eigenvalue weighted by atomic mass is 9.89. The molecule has 0 aliphatic carbocycles. The van der Waals surface area contributed by atoms with Gasteiger partial charge in [0, 0.05) is 43.3 Å². The Kier molecular flexibility index (Phi) is 5.31. The Hall–Kier alpha value is -2.12. The summed E-state index contributed by atoms with van der Waals surface area (Å²) >= 11 is 1.54. The Labute approximate surface area is 163 Å². The van der Waals surface area contributed by atoms with Crippen LogP contribution in [0.2, 0.25) is 0 Å². The number of amides is 2. The van der Waals surface area contributed by atoms with Crippen LogP contribution in [0.25, 0.3) is 0 Å². The van der Waals surface area contributed by atoms with Gasteiger partial charge in [-0.2, -0.15) is 11.3 Å². The summed E-state index contributed by atoms with van der Waals surface area (Å²) in [7, 11) is 0. The number of thiophene rings is 1. The summed E-state index contributed by atoms with van der Waals surface area (Å²) in [6.45, 7) is 3.21. The number of H-pyrrole nitrogens is 1. The van der Waals surface area contributed by atoms with Crippen LogP contribution in [0.4, 0.5) is 0 Å². The predicted molar refractivity (Wildman–Crippen MR) is 104 cm³/mol. The van der Waals surface area contributed by atoms with E-state index in [1.807, 2.05) is 45.0 Å². The molecule has 0 atom stereocenters. The summed E-state index contributed by atoms with van der Waals surface area (Å²) in [6.07, 6.45) is 4.72. The van der Waals surface area contributed by atoms with Crippen molar-refractivity contribution in [1.29, 1.82) is 0 Å². The van der Waals surface area contributed by atoms with Gasteiger partial charge in [0.25, 0.3) is 5.91 Å². The van der Waals surface area contributed by atoms with E-state index >= 15 is 0 Å². The van der Waals surface area contributed by atoms with E-state index in [9.17, 15) is 9.59 Å². The van der Waals surface area contributed by atoms with Gasteiger partial charge in [-0.15, -0.1) is 0 Å². The fourth-order valence-electron chi connectivity index (χ4n) is 3.98. The number of aromatic nitrogens is 1. The van der Waals surface area contributed by atoms with E-state index in [4.69, 9.17) is 4.74 Å². The number of hydrogen-bond donors (Lipinski definition) is 1. The number of likely N-dealkylation sites (tertiary alicyclic amines) is 1. The zero-order chi connectivity index (χ0) is 18.7. The van der Waals surface area contributed by atoms with E-state index in [2.05, 4.69) is 4.98 Å². The van der Waals surface area contributed by atoms with Crippen molar-refractivity contribution in [2.45, 2.75) is 31.3 Å². The Bertz CT molecular complexity index is 765. The molecular formula is C20H25N3O3S. The second kappa shape index (κ2) is 7.86. The van der Waals surface area contributed by atoms with E-state index in [1.165, 1.54) is 0 Å². The van der Waals surface area contributed by atoms with Crippen LogP contribution >= 0.6 is 11.3 Å². The lowest BCUT2D eigenvalue weighted by molar-refractivity contribution is -0.147. The molecule has 4 heterocycles. The van der Waals surface area contributed by atoms with Crippen LogP contribution in [0.1, 0.15) is 35.3 Å². The maximum Gasteiger partial charge on any atom is 0.254 e. The number of aromatic amines is 1. The van der Waals surface area contributed by atoms with Crippen molar-refractivity contribution in [3.63, 3.8) is 0 Å². The third-order valence-corrected chi connectivity index (χ3v) is 6.28. The topological polar surface area (TPSA) is 65.6 Å². The molecule has 2 aromatic rings. The van der Waals surface area contributed by atoms with Crippen LogP contribution < -0.4 is 0 Å². The number of rotatable bonds is 4. The van der Waals surface area contributed by atoms with Gasteiger partial charge in [0.15, 0.2) is 0 Å². The highest BCUT2D eigenvalue weighted by atomic mass is 32.1. The van der Waals surface area contributed by atoms with Gasteiger partial charge in [-0.05, 0) is 42.8 Å². The first kappa shape index (κ1) is 18.3. The quantitative estimate of drug-likeness (QED) is 0.877. The predicted octanol–water partition coefficient (Wildman–Crippen LogP) is 2.54. The van der Waals surface area contributed by atoms with Crippen molar-refractivity contribution >= 4 is 23.2 Å². The van der Waals surface area contributed by atoms with Gasteiger partial charge in [0.1, 0.15) is 0 Å². The highest BCUT2D eigenvalue weighted by molar-refractivity contribution is 7.08. The third kappa shape index (κ3) is 4.09. The van der Waals surface area contributed by atoms with Crippen molar-refractivity contribution in [3.8, 4) is 0 Å². The number of hydrogen-bond acceptors (Lipinski definition) is 4. The number of ether oxygens (including phenoxy) is 1. The molecule has 1 N–H and O–H groups in total. The van der Waals surface area contributed by atoms with Crippen LogP contribution in [-0.4, -0.2) is 65.0 Å². The molecule has 2 aliphatic heterocycles. The van der Waals surface area contributed by atoms with Crippen molar-refractivity contribution in [3.05, 3.63) is 46.4 Å². The van der Waals surface area contributed by atoms with Crippen LogP contribution in [0, 0.1) is 0 Å². The Morgan fingerprint density at radius 2 is 2.04 bits per heavy atom. The molecule has 0 unspecified atom stereocenters. The Morgan fingerprint density at radius 1 is 1.19 bits per heavy atom. The highest BCUT2D eigenvalue weighted by Crippen LogP contribution is 2.31. The van der Waals surface area contributed by atoms with Crippen molar-refractivity contribution in [2.75, 3.05) is 32.8 Å². The average Bonchev–Trinajstić information content (AvgIpc) is 3.40. The van der Waals surface area contributed by atoms with Gasteiger partial charge in [-0.1, -0.05) is 0 Å². The molecule has 0 bridgehead atoms. The molecule has 144 valence electrons. The second-order valence-corrected chi connectivity index (χ2v) is 8.13. The van der Waals surface area contributed by atoms with Crippen molar-refractivity contribution < 1.29 is 14.3 Å². The Balaban J connectivity index is 1.31. The standard InChI is InChI=1S/C20H25N3O3S/c24-18(4-3-17-2-1-8-21-17)22-9-6-20(7-10-22)15-23(11-12-26-20)19(25)16-5-13-27-14-16/h1-2,5,8,13-14,21H,3-4,6-7,9-12,15H2. The SMILES string of the molecule is O=C(CCc1ccc[nH]1)N1CCC2(CC1)CN(C(=O)c1ccsc1)CCO2. The highest BCUT2D eigenvalue weighted by Gasteiger charge is 2.41. The van der Waals surface area contributed by atoms with Crippen LogP contribution in [0.15, 0.2) is 35.2 Å². The van der Waals surface area contributed by atoms with Crippen molar-refractivity contribution in [1.82, 2.24) is 14.8 Å². The molecule has 2 saturated heterocycles. The number of nitrogens with one attached hydrogen (secondary N) is 1. The van der Waals surface area contributed by atoms with Gasteiger partial charge in [0.05, 0.1) is 24.3 Å². The number of piperidine rings is 1. The van der Waals surface area contributed by atoms with Gasteiger partial charge in [-0.3, -0.25) is 9.59 Å². The molecule has 2 fully saturated rings. The maximum atomic E-state index is 12.7. The molecule has 4 rings (SSSR count). The average molecular weight is 388 g/mol. The van der Waals surface area contributed by atoms with E-state index in [0.717, 1.165) is 30.5 Å². The minimum absolute atomic E-state index is 0.0865. The molecule has 0 aromatic carbocycles. The van der Waals surface area contributed by atoms with E-state index < -0.39 is 0 Å².